The Morgan fingerprint density at radius 3 is 2.45 bits per heavy atom. The monoisotopic (exact) mass is 533 g/mol. The molecule has 1 N–H and O–H groups in total. The lowest BCUT2D eigenvalue weighted by molar-refractivity contribution is -0.122. The average Bonchev–Trinajstić information content (AvgIpc) is 3.17. The summed E-state index contributed by atoms with van der Waals surface area (Å²) in [6, 6.07) is 16.6. The number of benzene rings is 2. The second-order valence-corrected chi connectivity index (χ2v) is 12.4. The van der Waals surface area contributed by atoms with E-state index >= 15 is 0 Å². The zero-order chi connectivity index (χ0) is 27.6. The van der Waals surface area contributed by atoms with Gasteiger partial charge in [0.2, 0.25) is 11.8 Å². The second kappa shape index (κ2) is 11.3. The van der Waals surface area contributed by atoms with Crippen LogP contribution in [0, 0.1) is 13.8 Å². The maximum atomic E-state index is 13.7. The quantitative estimate of drug-likeness (QED) is 0.479. The summed E-state index contributed by atoms with van der Waals surface area (Å²) in [4.78, 5) is 30.5. The van der Waals surface area contributed by atoms with Crippen LogP contribution in [-0.4, -0.2) is 66.0 Å². The molecule has 1 aliphatic heterocycles. The molecule has 2 amide bonds. The molecule has 0 bridgehead atoms. The molecule has 1 aromatic heterocycles. The maximum Gasteiger partial charge on any atom is 0.240 e. The number of carbonyl (C=O) groups is 2. The van der Waals surface area contributed by atoms with Crippen molar-refractivity contribution in [2.75, 3.05) is 44.4 Å². The molecule has 3 aromatic rings. The van der Waals surface area contributed by atoms with E-state index in [4.69, 9.17) is 5.10 Å². The van der Waals surface area contributed by atoms with Crippen molar-refractivity contribution in [1.29, 1.82) is 0 Å². The lowest BCUT2D eigenvalue weighted by atomic mass is 9.87. The van der Waals surface area contributed by atoms with Crippen LogP contribution in [0.4, 0.5) is 5.82 Å². The zero-order valence-corrected chi connectivity index (χ0v) is 24.4. The molecule has 0 radical (unpaired) electrons. The molecule has 0 spiro atoms. The Hall–Kier alpha value is -3.10. The van der Waals surface area contributed by atoms with Gasteiger partial charge in [-0.05, 0) is 45.6 Å². The van der Waals surface area contributed by atoms with E-state index < -0.39 is 0 Å². The molecule has 1 atom stereocenters. The first-order valence-corrected chi connectivity index (χ1v) is 14.1. The van der Waals surface area contributed by atoms with Crippen LogP contribution >= 0.6 is 11.8 Å². The van der Waals surface area contributed by atoms with Gasteiger partial charge in [0.1, 0.15) is 12.4 Å². The van der Waals surface area contributed by atoms with Gasteiger partial charge >= 0.3 is 0 Å². The minimum atomic E-state index is -0.282. The van der Waals surface area contributed by atoms with Gasteiger partial charge in [-0.1, -0.05) is 68.3 Å². The third-order valence-corrected chi connectivity index (χ3v) is 7.86. The highest BCUT2D eigenvalue weighted by Crippen LogP contribution is 2.48. The van der Waals surface area contributed by atoms with Crippen molar-refractivity contribution in [1.82, 2.24) is 20.0 Å². The van der Waals surface area contributed by atoms with Gasteiger partial charge in [-0.15, -0.1) is 11.8 Å². The zero-order valence-electron chi connectivity index (χ0n) is 23.5. The molecule has 8 heteroatoms. The van der Waals surface area contributed by atoms with Crippen molar-refractivity contribution < 1.29 is 9.59 Å². The third kappa shape index (κ3) is 6.13. The number of likely N-dealkylation sites (N-methyl/N-ethyl adjacent to an activating group) is 1. The normalized spacial score (nSPS) is 15.9. The second-order valence-electron chi connectivity index (χ2n) is 11.3. The summed E-state index contributed by atoms with van der Waals surface area (Å²) in [6.45, 7) is 11.8. The predicted octanol–water partition coefficient (Wildman–Crippen LogP) is 4.63. The number of rotatable bonds is 7. The summed E-state index contributed by atoms with van der Waals surface area (Å²) < 4.78 is 1.87. The predicted molar refractivity (Wildman–Crippen MR) is 156 cm³/mol. The Bertz CT molecular complexity index is 1310. The van der Waals surface area contributed by atoms with Crippen LogP contribution in [0.3, 0.4) is 0 Å². The van der Waals surface area contributed by atoms with Crippen molar-refractivity contribution in [3.8, 4) is 5.69 Å². The summed E-state index contributed by atoms with van der Waals surface area (Å²) in [6.07, 6.45) is 0. The van der Waals surface area contributed by atoms with Crippen LogP contribution in [0.5, 0.6) is 0 Å². The van der Waals surface area contributed by atoms with Gasteiger partial charge < -0.3 is 10.2 Å². The van der Waals surface area contributed by atoms with Crippen molar-refractivity contribution in [3.63, 3.8) is 0 Å². The van der Waals surface area contributed by atoms with E-state index in [-0.39, 0.29) is 34.8 Å². The van der Waals surface area contributed by atoms with Gasteiger partial charge in [-0.25, -0.2) is 4.68 Å². The molecule has 4 rings (SSSR count). The fourth-order valence-electron chi connectivity index (χ4n) is 4.65. The average molecular weight is 534 g/mol. The van der Waals surface area contributed by atoms with Crippen molar-refractivity contribution >= 4 is 29.4 Å². The number of carbonyl (C=O) groups excluding carboxylic acids is 2. The molecule has 0 fully saturated rings. The molecule has 2 heterocycles. The highest BCUT2D eigenvalue weighted by molar-refractivity contribution is 8.00. The van der Waals surface area contributed by atoms with Crippen LogP contribution in [-0.2, 0) is 15.0 Å². The van der Waals surface area contributed by atoms with E-state index in [9.17, 15) is 9.59 Å². The lowest BCUT2D eigenvalue weighted by Crippen LogP contribution is -2.43. The number of aryl methyl sites for hydroxylation is 2. The van der Waals surface area contributed by atoms with Crippen LogP contribution < -0.4 is 10.2 Å². The summed E-state index contributed by atoms with van der Waals surface area (Å²) >= 11 is 1.61. The van der Waals surface area contributed by atoms with Crippen molar-refractivity contribution in [3.05, 3.63) is 76.5 Å². The maximum absolute atomic E-state index is 13.7. The first-order chi connectivity index (χ1) is 18.0. The molecule has 2 aromatic carbocycles. The minimum Gasteiger partial charge on any atom is -0.353 e. The number of thioether (sulfide) groups is 1. The van der Waals surface area contributed by atoms with Crippen molar-refractivity contribution in [2.24, 2.45) is 0 Å². The van der Waals surface area contributed by atoms with E-state index in [0.29, 0.717) is 12.4 Å². The molecular formula is C30H39N5O2S. The Labute approximate surface area is 230 Å². The Balaban J connectivity index is 1.92. The van der Waals surface area contributed by atoms with Crippen molar-refractivity contribution in [2.45, 2.75) is 45.3 Å². The first-order valence-electron chi connectivity index (χ1n) is 13.1. The highest BCUT2D eigenvalue weighted by atomic mass is 32.2. The van der Waals surface area contributed by atoms with Gasteiger partial charge in [0.15, 0.2) is 0 Å². The number of hydrogen-bond donors (Lipinski definition) is 1. The van der Waals surface area contributed by atoms with Gasteiger partial charge in [0.25, 0.3) is 0 Å². The molecule has 38 heavy (non-hydrogen) atoms. The van der Waals surface area contributed by atoms with E-state index in [1.165, 1.54) is 5.56 Å². The minimum absolute atomic E-state index is 0.0541. The fraction of sp³-hybridized carbons (Fsp3) is 0.433. The standard InChI is InChI=1S/C30H39N5O2S/c1-20-11-13-23(14-12-20)35-29-26(28(32-35)30(3,4)5)27(22-10-8-9-21(2)17-22)38-19-25(37)34(29)18-24(36)31-15-16-33(6)7/h8-14,17,27H,15-16,18-19H2,1-7H3,(H,31,36)/t27-/m0/s1. The number of anilines is 1. The molecule has 0 saturated carbocycles. The summed E-state index contributed by atoms with van der Waals surface area (Å²) in [5.41, 5.74) is 5.96. The highest BCUT2D eigenvalue weighted by Gasteiger charge is 2.39. The van der Waals surface area contributed by atoms with E-state index in [0.717, 1.165) is 34.6 Å². The molecule has 0 unspecified atom stereocenters. The molecule has 202 valence electrons. The fourth-order valence-corrected chi connectivity index (χ4v) is 5.84. The summed E-state index contributed by atoms with van der Waals surface area (Å²) in [7, 11) is 3.93. The number of nitrogens with one attached hydrogen (secondary N) is 1. The summed E-state index contributed by atoms with van der Waals surface area (Å²) in [5.74, 6) is 0.681. The van der Waals surface area contributed by atoms with Crippen LogP contribution in [0.15, 0.2) is 48.5 Å². The number of aromatic nitrogens is 2. The van der Waals surface area contributed by atoms with Gasteiger partial charge in [-0.3, -0.25) is 14.5 Å². The van der Waals surface area contributed by atoms with Gasteiger partial charge in [-0.2, -0.15) is 5.10 Å². The van der Waals surface area contributed by atoms with E-state index in [2.05, 4.69) is 57.3 Å². The van der Waals surface area contributed by atoms with Crippen LogP contribution in [0.25, 0.3) is 5.69 Å². The van der Waals surface area contributed by atoms with E-state index in [1.807, 2.05) is 54.9 Å². The number of hydrogen-bond acceptors (Lipinski definition) is 5. The molecule has 1 aliphatic rings. The smallest absolute Gasteiger partial charge is 0.240 e. The van der Waals surface area contributed by atoms with Crippen LogP contribution in [0.2, 0.25) is 0 Å². The Morgan fingerprint density at radius 2 is 1.82 bits per heavy atom. The number of fused-ring (bicyclic) bond motifs is 1. The first kappa shape index (κ1) is 27.9. The molecule has 0 saturated heterocycles. The van der Waals surface area contributed by atoms with Gasteiger partial charge in [0, 0.05) is 24.1 Å². The molecular weight excluding hydrogens is 494 g/mol. The number of amides is 2. The topological polar surface area (TPSA) is 70.5 Å². The SMILES string of the molecule is Cc1ccc(-n2nc(C(C)(C)C)c3c2N(CC(=O)NCCN(C)C)C(=O)CS[C@H]3c2cccc(C)c2)cc1. The lowest BCUT2D eigenvalue weighted by Gasteiger charge is -2.25. The summed E-state index contributed by atoms with van der Waals surface area (Å²) in [5, 5.41) is 8.03. The third-order valence-electron chi connectivity index (χ3n) is 6.61. The Morgan fingerprint density at radius 1 is 1.11 bits per heavy atom. The van der Waals surface area contributed by atoms with Gasteiger partial charge in [0.05, 0.1) is 22.4 Å². The molecule has 7 nitrogen and oxygen atoms in total. The largest absolute Gasteiger partial charge is 0.353 e. The number of nitrogens with zero attached hydrogens (tertiary/aromatic N) is 4. The van der Waals surface area contributed by atoms with Crippen LogP contribution in [0.1, 0.15) is 54.0 Å². The Kier molecular flexibility index (Phi) is 8.33. The molecule has 0 aliphatic carbocycles. The van der Waals surface area contributed by atoms with E-state index in [1.54, 1.807) is 16.7 Å².